The molecule has 1 amide bonds. The van der Waals surface area contributed by atoms with Crippen LogP contribution in [0.25, 0.3) is 0 Å². The van der Waals surface area contributed by atoms with Crippen LogP contribution in [0.2, 0.25) is 0 Å². The van der Waals surface area contributed by atoms with E-state index in [2.05, 4.69) is 15.5 Å². The quantitative estimate of drug-likeness (QED) is 0.547. The first-order chi connectivity index (χ1) is 11.9. The maximum Gasteiger partial charge on any atom is 0.277 e. The topological polar surface area (TPSA) is 104 Å². The molecule has 0 aliphatic carbocycles. The maximum absolute atomic E-state index is 11.8. The first kappa shape index (κ1) is 18.4. The van der Waals surface area contributed by atoms with Crippen LogP contribution in [-0.4, -0.2) is 33.9 Å². The van der Waals surface area contributed by atoms with E-state index >= 15 is 0 Å². The van der Waals surface area contributed by atoms with E-state index in [1.165, 1.54) is 12.4 Å². The molecule has 1 heterocycles. The number of carbonyl (C=O) groups is 1. The van der Waals surface area contributed by atoms with E-state index in [9.17, 15) is 15.0 Å². The SMILES string of the molecule is Cc1ccc(C)c(OCC(=O)N/N=C/c2c(CO)cnc(C)c2O)c1. The smallest absolute Gasteiger partial charge is 0.277 e. The summed E-state index contributed by atoms with van der Waals surface area (Å²) in [5.74, 6) is 0.119. The molecule has 25 heavy (non-hydrogen) atoms. The molecule has 0 aliphatic rings. The van der Waals surface area contributed by atoms with Crippen LogP contribution in [0.15, 0.2) is 29.5 Å². The van der Waals surface area contributed by atoms with E-state index in [0.29, 0.717) is 22.6 Å². The predicted molar refractivity (Wildman–Crippen MR) is 93.7 cm³/mol. The molecule has 132 valence electrons. The highest BCUT2D eigenvalue weighted by atomic mass is 16.5. The summed E-state index contributed by atoms with van der Waals surface area (Å²) in [6.45, 7) is 4.99. The average molecular weight is 343 g/mol. The Morgan fingerprint density at radius 1 is 1.36 bits per heavy atom. The molecule has 0 saturated heterocycles. The van der Waals surface area contributed by atoms with Gasteiger partial charge in [0.25, 0.3) is 5.91 Å². The lowest BCUT2D eigenvalue weighted by atomic mass is 10.1. The van der Waals surface area contributed by atoms with Crippen LogP contribution in [0.5, 0.6) is 11.5 Å². The van der Waals surface area contributed by atoms with Crippen molar-refractivity contribution < 1.29 is 19.7 Å². The van der Waals surface area contributed by atoms with Crippen LogP contribution in [0, 0.1) is 20.8 Å². The highest BCUT2D eigenvalue weighted by molar-refractivity contribution is 5.87. The summed E-state index contributed by atoms with van der Waals surface area (Å²) in [4.78, 5) is 15.8. The van der Waals surface area contributed by atoms with Crippen LogP contribution in [0.4, 0.5) is 0 Å². The van der Waals surface area contributed by atoms with Gasteiger partial charge in [0.1, 0.15) is 11.5 Å². The first-order valence-corrected chi connectivity index (χ1v) is 7.72. The fraction of sp³-hybridized carbons (Fsp3) is 0.278. The maximum atomic E-state index is 11.8. The van der Waals surface area contributed by atoms with Gasteiger partial charge >= 0.3 is 0 Å². The minimum atomic E-state index is -0.437. The highest BCUT2D eigenvalue weighted by Crippen LogP contribution is 2.22. The lowest BCUT2D eigenvalue weighted by molar-refractivity contribution is -0.123. The van der Waals surface area contributed by atoms with Crippen molar-refractivity contribution in [2.45, 2.75) is 27.4 Å². The fourth-order valence-electron chi connectivity index (χ4n) is 2.13. The van der Waals surface area contributed by atoms with Gasteiger partial charge in [0.15, 0.2) is 6.61 Å². The zero-order valence-electron chi connectivity index (χ0n) is 14.4. The minimum Gasteiger partial charge on any atom is -0.505 e. The second kappa shape index (κ2) is 8.25. The molecule has 0 bridgehead atoms. The molecule has 1 aromatic heterocycles. The number of nitrogens with zero attached hydrogens (tertiary/aromatic N) is 2. The van der Waals surface area contributed by atoms with E-state index in [-0.39, 0.29) is 19.0 Å². The summed E-state index contributed by atoms with van der Waals surface area (Å²) in [5.41, 5.74) is 5.43. The van der Waals surface area contributed by atoms with Gasteiger partial charge in [-0.3, -0.25) is 9.78 Å². The highest BCUT2D eigenvalue weighted by Gasteiger charge is 2.10. The van der Waals surface area contributed by atoms with Crippen LogP contribution >= 0.6 is 0 Å². The van der Waals surface area contributed by atoms with Crippen molar-refractivity contribution in [3.8, 4) is 11.5 Å². The number of aliphatic hydroxyl groups is 1. The number of carbonyl (C=O) groups excluding carboxylic acids is 1. The monoisotopic (exact) mass is 343 g/mol. The average Bonchev–Trinajstić information content (AvgIpc) is 2.59. The van der Waals surface area contributed by atoms with Crippen molar-refractivity contribution >= 4 is 12.1 Å². The molecule has 0 fully saturated rings. The van der Waals surface area contributed by atoms with Gasteiger partial charge in [-0.25, -0.2) is 5.43 Å². The molecular formula is C18H21N3O4. The number of hydrogen-bond donors (Lipinski definition) is 3. The van der Waals surface area contributed by atoms with Crippen molar-refractivity contribution in [1.82, 2.24) is 10.4 Å². The lowest BCUT2D eigenvalue weighted by Gasteiger charge is -2.09. The van der Waals surface area contributed by atoms with Crippen molar-refractivity contribution in [3.63, 3.8) is 0 Å². The number of hydrogen-bond acceptors (Lipinski definition) is 6. The summed E-state index contributed by atoms with van der Waals surface area (Å²) < 4.78 is 5.48. The van der Waals surface area contributed by atoms with E-state index < -0.39 is 5.91 Å². The van der Waals surface area contributed by atoms with Crippen molar-refractivity contribution in [1.29, 1.82) is 0 Å². The second-order valence-electron chi connectivity index (χ2n) is 5.64. The minimum absolute atomic E-state index is 0.0869. The van der Waals surface area contributed by atoms with Gasteiger partial charge in [-0.1, -0.05) is 12.1 Å². The number of ether oxygens (including phenoxy) is 1. The Kier molecular flexibility index (Phi) is 6.08. The number of nitrogens with one attached hydrogen (secondary N) is 1. The van der Waals surface area contributed by atoms with E-state index in [1.54, 1.807) is 6.92 Å². The van der Waals surface area contributed by atoms with Gasteiger partial charge in [-0.15, -0.1) is 0 Å². The molecule has 0 atom stereocenters. The number of aliphatic hydroxyl groups excluding tert-OH is 1. The number of amides is 1. The molecule has 1 aromatic carbocycles. The Balaban J connectivity index is 1.97. The summed E-state index contributed by atoms with van der Waals surface area (Å²) in [6.07, 6.45) is 2.72. The number of pyridine rings is 1. The number of aromatic hydroxyl groups is 1. The van der Waals surface area contributed by atoms with Crippen molar-refractivity contribution in [2.75, 3.05) is 6.61 Å². The summed E-state index contributed by atoms with van der Waals surface area (Å²) >= 11 is 0. The summed E-state index contributed by atoms with van der Waals surface area (Å²) in [5, 5.41) is 23.1. The molecule has 0 aliphatic heterocycles. The van der Waals surface area contributed by atoms with Crippen LogP contribution < -0.4 is 10.2 Å². The van der Waals surface area contributed by atoms with Crippen LogP contribution in [0.3, 0.4) is 0 Å². The fourth-order valence-corrected chi connectivity index (χ4v) is 2.13. The number of rotatable bonds is 6. The molecule has 0 radical (unpaired) electrons. The van der Waals surface area contributed by atoms with E-state index in [1.807, 2.05) is 32.0 Å². The summed E-state index contributed by atoms with van der Waals surface area (Å²) in [7, 11) is 0. The summed E-state index contributed by atoms with van der Waals surface area (Å²) in [6, 6.07) is 5.75. The predicted octanol–water partition coefficient (Wildman–Crippen LogP) is 1.73. The van der Waals surface area contributed by atoms with Crippen molar-refractivity contribution in [3.05, 3.63) is 52.3 Å². The standard InChI is InChI=1S/C18H21N3O4/c1-11-4-5-12(2)16(6-11)25-10-17(23)21-20-8-15-14(9-22)7-19-13(3)18(15)24/h4-8,22,24H,9-10H2,1-3H3,(H,21,23)/b20-8+. The van der Waals surface area contributed by atoms with Crippen LogP contribution in [-0.2, 0) is 11.4 Å². The number of benzene rings is 1. The number of hydrazone groups is 1. The normalized spacial score (nSPS) is 10.9. The second-order valence-corrected chi connectivity index (χ2v) is 5.64. The third-order valence-corrected chi connectivity index (χ3v) is 3.61. The Labute approximate surface area is 146 Å². The molecule has 3 N–H and O–H groups in total. The lowest BCUT2D eigenvalue weighted by Crippen LogP contribution is -2.24. The Morgan fingerprint density at radius 2 is 2.12 bits per heavy atom. The third kappa shape index (κ3) is 4.77. The zero-order valence-corrected chi connectivity index (χ0v) is 14.4. The van der Waals surface area contributed by atoms with Crippen molar-refractivity contribution in [2.24, 2.45) is 5.10 Å². The van der Waals surface area contributed by atoms with Gasteiger partial charge in [-0.05, 0) is 38.0 Å². The van der Waals surface area contributed by atoms with Gasteiger partial charge in [0.2, 0.25) is 0 Å². The molecule has 2 aromatic rings. The van der Waals surface area contributed by atoms with Gasteiger partial charge in [0, 0.05) is 17.3 Å². The molecular weight excluding hydrogens is 322 g/mol. The Bertz CT molecular complexity index is 803. The van der Waals surface area contributed by atoms with E-state index in [4.69, 9.17) is 4.74 Å². The van der Waals surface area contributed by atoms with Crippen LogP contribution in [0.1, 0.15) is 27.9 Å². The third-order valence-electron chi connectivity index (χ3n) is 3.61. The van der Waals surface area contributed by atoms with Gasteiger partial charge in [-0.2, -0.15) is 5.10 Å². The molecule has 7 heteroatoms. The molecule has 0 saturated carbocycles. The largest absolute Gasteiger partial charge is 0.505 e. The van der Waals surface area contributed by atoms with Gasteiger partial charge < -0.3 is 14.9 Å². The molecule has 0 spiro atoms. The number of aromatic nitrogens is 1. The molecule has 2 rings (SSSR count). The first-order valence-electron chi connectivity index (χ1n) is 7.72. The Hall–Kier alpha value is -2.93. The zero-order chi connectivity index (χ0) is 18.4. The Morgan fingerprint density at radius 3 is 2.84 bits per heavy atom. The van der Waals surface area contributed by atoms with Gasteiger partial charge in [0.05, 0.1) is 18.5 Å². The molecule has 7 nitrogen and oxygen atoms in total. The van der Waals surface area contributed by atoms with E-state index in [0.717, 1.165) is 11.1 Å². The number of aryl methyl sites for hydroxylation is 3. The molecule has 0 unspecified atom stereocenters.